The van der Waals surface area contributed by atoms with Crippen LogP contribution in [0.1, 0.15) is 36.8 Å². The first-order chi connectivity index (χ1) is 10.7. The van der Waals surface area contributed by atoms with Gasteiger partial charge in [0.2, 0.25) is 5.91 Å². The smallest absolute Gasteiger partial charge is 0.220 e. The molecule has 2 aromatic rings. The molecule has 1 aromatic heterocycles. The summed E-state index contributed by atoms with van der Waals surface area (Å²) in [5, 5.41) is 12.9. The van der Waals surface area contributed by atoms with Crippen LogP contribution in [0.4, 0.5) is 0 Å². The number of carbonyl (C=O) groups excluding carboxylic acids is 1. The van der Waals surface area contributed by atoms with Crippen LogP contribution in [0.15, 0.2) is 42.7 Å². The van der Waals surface area contributed by atoms with Gasteiger partial charge in [-0.25, -0.2) is 4.98 Å². The second-order valence-corrected chi connectivity index (χ2v) is 5.34. The number of hydrogen-bond acceptors (Lipinski definition) is 3. The Morgan fingerprint density at radius 2 is 2.14 bits per heavy atom. The number of aliphatic hydroxyl groups excluding tert-OH is 1. The first kappa shape index (κ1) is 16.2. The molecule has 1 atom stereocenters. The molecule has 1 unspecified atom stereocenters. The second kappa shape index (κ2) is 8.34. The number of aliphatic hydroxyl groups is 1. The molecule has 2 N–H and O–H groups in total. The zero-order valence-corrected chi connectivity index (χ0v) is 12.9. The highest BCUT2D eigenvalue weighted by molar-refractivity contribution is 5.75. The molecule has 22 heavy (non-hydrogen) atoms. The fourth-order valence-electron chi connectivity index (χ4n) is 2.33. The molecule has 5 heteroatoms. The van der Waals surface area contributed by atoms with Gasteiger partial charge in [0.1, 0.15) is 5.82 Å². The van der Waals surface area contributed by atoms with Crippen molar-refractivity contribution in [2.24, 2.45) is 0 Å². The van der Waals surface area contributed by atoms with Crippen LogP contribution in [0.3, 0.4) is 0 Å². The Morgan fingerprint density at radius 1 is 1.36 bits per heavy atom. The lowest BCUT2D eigenvalue weighted by Crippen LogP contribution is -2.25. The van der Waals surface area contributed by atoms with E-state index in [0.29, 0.717) is 19.4 Å². The summed E-state index contributed by atoms with van der Waals surface area (Å²) in [6, 6.07) is 9.49. The molecule has 2 rings (SSSR count). The highest BCUT2D eigenvalue weighted by Gasteiger charge is 2.08. The Morgan fingerprint density at radius 3 is 2.82 bits per heavy atom. The molecule has 0 radical (unpaired) electrons. The Bertz CT molecular complexity index is 581. The summed E-state index contributed by atoms with van der Waals surface area (Å²) in [5.41, 5.74) is 0.882. The topological polar surface area (TPSA) is 67.2 Å². The minimum absolute atomic E-state index is 0.0260. The van der Waals surface area contributed by atoms with E-state index in [1.165, 1.54) is 0 Å². The molecule has 0 aliphatic carbocycles. The number of rotatable bonds is 8. The van der Waals surface area contributed by atoms with Crippen molar-refractivity contribution in [3.05, 3.63) is 54.1 Å². The van der Waals surface area contributed by atoms with Crippen LogP contribution in [0.5, 0.6) is 0 Å². The van der Waals surface area contributed by atoms with Crippen molar-refractivity contribution in [1.29, 1.82) is 0 Å². The predicted molar refractivity (Wildman–Crippen MR) is 85.2 cm³/mol. The third-order valence-electron chi connectivity index (χ3n) is 3.65. The lowest BCUT2D eigenvalue weighted by molar-refractivity contribution is -0.121. The zero-order valence-electron chi connectivity index (χ0n) is 12.9. The van der Waals surface area contributed by atoms with Gasteiger partial charge >= 0.3 is 0 Å². The monoisotopic (exact) mass is 301 g/mol. The van der Waals surface area contributed by atoms with E-state index >= 15 is 0 Å². The summed E-state index contributed by atoms with van der Waals surface area (Å²) in [5.74, 6) is 0.990. The SMILES string of the molecule is Cc1nccn1CCCC(=O)NCCC(O)c1ccccc1. The van der Waals surface area contributed by atoms with E-state index in [0.717, 1.165) is 24.4 Å². The van der Waals surface area contributed by atoms with E-state index in [4.69, 9.17) is 0 Å². The van der Waals surface area contributed by atoms with Gasteiger partial charge in [-0.2, -0.15) is 0 Å². The van der Waals surface area contributed by atoms with Gasteiger partial charge in [0.05, 0.1) is 6.10 Å². The van der Waals surface area contributed by atoms with Crippen molar-refractivity contribution < 1.29 is 9.90 Å². The molecule has 118 valence electrons. The van der Waals surface area contributed by atoms with E-state index in [9.17, 15) is 9.90 Å². The van der Waals surface area contributed by atoms with E-state index < -0.39 is 6.10 Å². The number of benzene rings is 1. The maximum Gasteiger partial charge on any atom is 0.220 e. The Balaban J connectivity index is 1.61. The number of hydrogen-bond donors (Lipinski definition) is 2. The first-order valence-corrected chi connectivity index (χ1v) is 7.64. The highest BCUT2D eigenvalue weighted by atomic mass is 16.3. The summed E-state index contributed by atoms with van der Waals surface area (Å²) in [7, 11) is 0. The first-order valence-electron chi connectivity index (χ1n) is 7.64. The molecule has 1 amide bonds. The molecule has 0 saturated carbocycles. The van der Waals surface area contributed by atoms with Gasteiger partial charge in [-0.15, -0.1) is 0 Å². The van der Waals surface area contributed by atoms with Gasteiger partial charge in [-0.05, 0) is 25.3 Å². The van der Waals surface area contributed by atoms with Crippen LogP contribution in [-0.2, 0) is 11.3 Å². The Kier molecular flexibility index (Phi) is 6.15. The second-order valence-electron chi connectivity index (χ2n) is 5.34. The summed E-state index contributed by atoms with van der Waals surface area (Å²) in [6.07, 6.45) is 4.94. The lowest BCUT2D eigenvalue weighted by atomic mass is 10.1. The molecule has 1 aromatic carbocycles. The van der Waals surface area contributed by atoms with Gasteiger partial charge in [-0.1, -0.05) is 30.3 Å². The Labute approximate surface area is 131 Å². The third kappa shape index (κ3) is 5.00. The fraction of sp³-hybridized carbons (Fsp3) is 0.412. The third-order valence-corrected chi connectivity index (χ3v) is 3.65. The number of aryl methyl sites for hydroxylation is 2. The fourth-order valence-corrected chi connectivity index (χ4v) is 2.33. The minimum atomic E-state index is -0.532. The predicted octanol–water partition coefficient (Wildman–Crippen LogP) is 2.21. The van der Waals surface area contributed by atoms with Crippen LogP contribution >= 0.6 is 0 Å². The number of nitrogens with one attached hydrogen (secondary N) is 1. The van der Waals surface area contributed by atoms with Crippen LogP contribution in [0, 0.1) is 6.92 Å². The van der Waals surface area contributed by atoms with Crippen LogP contribution in [0.2, 0.25) is 0 Å². The molecule has 0 fully saturated rings. The maximum absolute atomic E-state index is 11.8. The molecule has 0 saturated heterocycles. The molecular weight excluding hydrogens is 278 g/mol. The van der Waals surface area contributed by atoms with Crippen molar-refractivity contribution >= 4 is 5.91 Å². The molecular formula is C17H23N3O2. The largest absolute Gasteiger partial charge is 0.388 e. The average Bonchev–Trinajstić information content (AvgIpc) is 2.93. The summed E-state index contributed by atoms with van der Waals surface area (Å²) < 4.78 is 2.03. The lowest BCUT2D eigenvalue weighted by Gasteiger charge is -2.11. The number of carbonyl (C=O) groups is 1. The number of amides is 1. The summed E-state index contributed by atoms with van der Waals surface area (Å²) in [6.45, 7) is 3.23. The number of aromatic nitrogens is 2. The van der Waals surface area contributed by atoms with Gasteiger partial charge in [0, 0.05) is 31.9 Å². The summed E-state index contributed by atoms with van der Waals surface area (Å²) >= 11 is 0. The number of nitrogens with zero attached hydrogens (tertiary/aromatic N) is 2. The Hall–Kier alpha value is -2.14. The molecule has 0 aliphatic rings. The molecule has 1 heterocycles. The van der Waals surface area contributed by atoms with E-state index in [1.54, 1.807) is 6.20 Å². The highest BCUT2D eigenvalue weighted by Crippen LogP contribution is 2.14. The van der Waals surface area contributed by atoms with Crippen molar-refractivity contribution in [2.45, 2.75) is 38.8 Å². The molecule has 0 bridgehead atoms. The van der Waals surface area contributed by atoms with Crippen molar-refractivity contribution in [3.63, 3.8) is 0 Å². The van der Waals surface area contributed by atoms with Crippen molar-refractivity contribution in [3.8, 4) is 0 Å². The quantitative estimate of drug-likeness (QED) is 0.785. The normalized spacial score (nSPS) is 12.1. The van der Waals surface area contributed by atoms with Crippen molar-refractivity contribution in [2.75, 3.05) is 6.54 Å². The van der Waals surface area contributed by atoms with Gasteiger partial charge < -0.3 is 15.0 Å². The number of imidazole rings is 1. The summed E-state index contributed by atoms with van der Waals surface area (Å²) in [4.78, 5) is 15.9. The van der Waals surface area contributed by atoms with Gasteiger partial charge in [0.25, 0.3) is 0 Å². The van der Waals surface area contributed by atoms with Crippen LogP contribution in [-0.4, -0.2) is 27.1 Å². The van der Waals surface area contributed by atoms with E-state index in [1.807, 2.05) is 48.0 Å². The van der Waals surface area contributed by atoms with Crippen molar-refractivity contribution in [1.82, 2.24) is 14.9 Å². The van der Waals surface area contributed by atoms with Crippen LogP contribution in [0.25, 0.3) is 0 Å². The zero-order chi connectivity index (χ0) is 15.8. The van der Waals surface area contributed by atoms with Gasteiger partial charge in [-0.3, -0.25) is 4.79 Å². The molecule has 0 aliphatic heterocycles. The maximum atomic E-state index is 11.8. The molecule has 5 nitrogen and oxygen atoms in total. The standard InChI is InChI=1S/C17H23N3O2/c1-14-18-11-13-20(14)12-5-8-17(22)19-10-9-16(21)15-6-3-2-4-7-15/h2-4,6-7,11,13,16,21H,5,8-10,12H2,1H3,(H,19,22). The van der Waals surface area contributed by atoms with E-state index in [-0.39, 0.29) is 5.91 Å². The van der Waals surface area contributed by atoms with Crippen LogP contribution < -0.4 is 5.32 Å². The average molecular weight is 301 g/mol. The van der Waals surface area contributed by atoms with E-state index in [2.05, 4.69) is 10.3 Å². The minimum Gasteiger partial charge on any atom is -0.388 e. The van der Waals surface area contributed by atoms with Gasteiger partial charge in [0.15, 0.2) is 0 Å². The molecule has 0 spiro atoms.